The van der Waals surface area contributed by atoms with Crippen LogP contribution in [0, 0.1) is 13.8 Å². The van der Waals surface area contributed by atoms with Crippen molar-refractivity contribution >= 4 is 5.91 Å². The number of benzene rings is 1. The molecule has 1 amide bonds. The van der Waals surface area contributed by atoms with Gasteiger partial charge in [0.2, 0.25) is 5.91 Å². The van der Waals surface area contributed by atoms with Gasteiger partial charge in [-0.3, -0.25) is 4.79 Å². The van der Waals surface area contributed by atoms with E-state index in [2.05, 4.69) is 5.32 Å². The first kappa shape index (κ1) is 16.4. The molecule has 0 fully saturated rings. The number of aryl methyl sites for hydroxylation is 2. The third-order valence-electron chi connectivity index (χ3n) is 2.87. The lowest BCUT2D eigenvalue weighted by molar-refractivity contribution is -0.125. The Hall–Kier alpha value is -1.63. The van der Waals surface area contributed by atoms with Crippen molar-refractivity contribution in [2.75, 3.05) is 19.7 Å². The molecule has 0 aliphatic rings. The van der Waals surface area contributed by atoms with Gasteiger partial charge in [-0.05, 0) is 25.0 Å². The highest BCUT2D eigenvalue weighted by atomic mass is 16.5. The predicted octanol–water partition coefficient (Wildman–Crippen LogP) is -0.521. The second-order valence-corrected chi connectivity index (χ2v) is 4.76. The molecule has 0 saturated heterocycles. The number of carbonyl (C=O) groups excluding carboxylic acids is 1. The predicted molar refractivity (Wildman–Crippen MR) is 75.5 cm³/mol. The lowest BCUT2D eigenvalue weighted by Gasteiger charge is -2.16. The molecular formula is C14H22N2O4. The van der Waals surface area contributed by atoms with Gasteiger partial charge in [0, 0.05) is 13.1 Å². The van der Waals surface area contributed by atoms with Crippen LogP contribution in [0.2, 0.25) is 0 Å². The number of rotatable bonds is 8. The summed E-state index contributed by atoms with van der Waals surface area (Å²) in [7, 11) is 0. The molecule has 6 nitrogen and oxygen atoms in total. The molecule has 1 aromatic rings. The Morgan fingerprint density at radius 2 is 1.90 bits per heavy atom. The molecule has 0 aliphatic carbocycles. The summed E-state index contributed by atoms with van der Waals surface area (Å²) < 4.78 is 5.59. The van der Waals surface area contributed by atoms with Gasteiger partial charge < -0.3 is 26.0 Å². The topological polar surface area (TPSA) is 105 Å². The molecule has 5 N–H and O–H groups in total. The number of para-hydroxylation sites is 1. The molecule has 0 aromatic heterocycles. The van der Waals surface area contributed by atoms with Gasteiger partial charge in [-0.1, -0.05) is 18.2 Å². The molecule has 20 heavy (non-hydrogen) atoms. The summed E-state index contributed by atoms with van der Waals surface area (Å²) in [5.74, 6) is -0.0255. The van der Waals surface area contributed by atoms with E-state index in [1.807, 2.05) is 32.0 Å². The van der Waals surface area contributed by atoms with Crippen LogP contribution in [0.25, 0.3) is 0 Å². The van der Waals surface area contributed by atoms with Crippen LogP contribution in [0.3, 0.4) is 0 Å². The summed E-state index contributed by atoms with van der Waals surface area (Å²) in [4.78, 5) is 10.6. The third-order valence-corrected chi connectivity index (χ3v) is 2.87. The second-order valence-electron chi connectivity index (χ2n) is 4.76. The minimum Gasteiger partial charge on any atom is -0.490 e. The van der Waals surface area contributed by atoms with E-state index in [1.54, 1.807) is 0 Å². The van der Waals surface area contributed by atoms with Crippen molar-refractivity contribution < 1.29 is 19.7 Å². The number of nitrogens with one attached hydrogen (secondary N) is 1. The molecule has 2 unspecified atom stereocenters. The largest absolute Gasteiger partial charge is 0.490 e. The van der Waals surface area contributed by atoms with E-state index in [9.17, 15) is 15.0 Å². The maximum absolute atomic E-state index is 10.6. The second kappa shape index (κ2) is 7.84. The maximum Gasteiger partial charge on any atom is 0.247 e. The smallest absolute Gasteiger partial charge is 0.247 e. The first-order valence-electron chi connectivity index (χ1n) is 6.47. The zero-order valence-corrected chi connectivity index (χ0v) is 11.8. The molecule has 2 atom stereocenters. The third kappa shape index (κ3) is 5.16. The average Bonchev–Trinajstić information content (AvgIpc) is 2.37. The van der Waals surface area contributed by atoms with Crippen molar-refractivity contribution in [1.29, 1.82) is 0 Å². The van der Waals surface area contributed by atoms with Gasteiger partial charge in [-0.2, -0.15) is 0 Å². The van der Waals surface area contributed by atoms with Gasteiger partial charge in [0.25, 0.3) is 0 Å². The number of hydrogen-bond acceptors (Lipinski definition) is 5. The number of aliphatic hydroxyl groups excluding tert-OH is 2. The van der Waals surface area contributed by atoms with Crippen molar-refractivity contribution in [2.24, 2.45) is 5.73 Å². The number of amides is 1. The van der Waals surface area contributed by atoms with Crippen molar-refractivity contribution in [3.63, 3.8) is 0 Å². The lowest BCUT2D eigenvalue weighted by atomic mass is 10.1. The fraction of sp³-hybridized carbons (Fsp3) is 0.500. The van der Waals surface area contributed by atoms with Crippen LogP contribution in [0.15, 0.2) is 18.2 Å². The van der Waals surface area contributed by atoms with Gasteiger partial charge in [0.1, 0.15) is 24.6 Å². The number of aliphatic hydroxyl groups is 2. The van der Waals surface area contributed by atoms with Gasteiger partial charge >= 0.3 is 0 Å². The van der Waals surface area contributed by atoms with Gasteiger partial charge in [-0.15, -0.1) is 0 Å². The summed E-state index contributed by atoms with van der Waals surface area (Å²) in [6.45, 7) is 4.22. The molecule has 0 aliphatic heterocycles. The highest BCUT2D eigenvalue weighted by Crippen LogP contribution is 2.22. The summed E-state index contributed by atoms with van der Waals surface area (Å²) in [6.07, 6.45) is -1.99. The van der Waals surface area contributed by atoms with Crippen LogP contribution >= 0.6 is 0 Å². The molecule has 0 bridgehead atoms. The Kier molecular flexibility index (Phi) is 6.44. The monoisotopic (exact) mass is 282 g/mol. The molecule has 0 saturated carbocycles. The number of primary amides is 1. The fourth-order valence-electron chi connectivity index (χ4n) is 1.75. The van der Waals surface area contributed by atoms with Crippen molar-refractivity contribution in [2.45, 2.75) is 26.1 Å². The molecule has 0 heterocycles. The Morgan fingerprint density at radius 1 is 1.30 bits per heavy atom. The van der Waals surface area contributed by atoms with Crippen LogP contribution < -0.4 is 15.8 Å². The van der Waals surface area contributed by atoms with Crippen molar-refractivity contribution in [3.8, 4) is 5.75 Å². The number of hydrogen-bond donors (Lipinski definition) is 4. The van der Waals surface area contributed by atoms with Crippen LogP contribution in [-0.4, -0.2) is 48.0 Å². The Bertz CT molecular complexity index is 431. The average molecular weight is 282 g/mol. The molecule has 1 rings (SSSR count). The van der Waals surface area contributed by atoms with E-state index in [4.69, 9.17) is 10.5 Å². The minimum atomic E-state index is -1.25. The highest BCUT2D eigenvalue weighted by molar-refractivity contribution is 5.78. The normalized spacial score (nSPS) is 13.8. The van der Waals surface area contributed by atoms with E-state index in [1.165, 1.54) is 0 Å². The van der Waals surface area contributed by atoms with Crippen molar-refractivity contribution in [1.82, 2.24) is 5.32 Å². The van der Waals surface area contributed by atoms with Crippen LogP contribution in [-0.2, 0) is 4.79 Å². The van der Waals surface area contributed by atoms with Crippen LogP contribution in [0.5, 0.6) is 5.75 Å². The van der Waals surface area contributed by atoms with Crippen molar-refractivity contribution in [3.05, 3.63) is 29.3 Å². The number of nitrogens with two attached hydrogens (primary N) is 1. The van der Waals surface area contributed by atoms with Gasteiger partial charge in [-0.25, -0.2) is 0 Å². The minimum absolute atomic E-state index is 0.00971. The van der Waals surface area contributed by atoms with E-state index in [-0.39, 0.29) is 19.7 Å². The van der Waals surface area contributed by atoms with Gasteiger partial charge in [0.15, 0.2) is 0 Å². The zero-order valence-electron chi connectivity index (χ0n) is 11.8. The standard InChI is InChI=1S/C14H22N2O4/c1-9-4-3-5-10(2)13(9)20-8-11(17)6-16-7-12(18)14(15)19/h3-5,11-12,16-18H,6-8H2,1-2H3,(H2,15,19). The lowest BCUT2D eigenvalue weighted by Crippen LogP contribution is -2.41. The van der Waals surface area contributed by atoms with E-state index in [0.717, 1.165) is 16.9 Å². The van der Waals surface area contributed by atoms with Crippen LogP contribution in [0.4, 0.5) is 0 Å². The quantitative estimate of drug-likeness (QED) is 0.513. The Morgan fingerprint density at radius 3 is 2.45 bits per heavy atom. The number of ether oxygens (including phenoxy) is 1. The van der Waals surface area contributed by atoms with E-state index in [0.29, 0.717) is 0 Å². The number of carbonyl (C=O) groups is 1. The molecule has 6 heteroatoms. The first-order valence-corrected chi connectivity index (χ1v) is 6.47. The summed E-state index contributed by atoms with van der Waals surface area (Å²) >= 11 is 0. The Balaban J connectivity index is 2.33. The zero-order chi connectivity index (χ0) is 15.1. The van der Waals surface area contributed by atoms with E-state index >= 15 is 0 Å². The summed E-state index contributed by atoms with van der Waals surface area (Å²) in [5.41, 5.74) is 6.92. The highest BCUT2D eigenvalue weighted by Gasteiger charge is 2.12. The Labute approximate surface area is 118 Å². The first-order chi connectivity index (χ1) is 9.41. The molecule has 112 valence electrons. The van der Waals surface area contributed by atoms with E-state index < -0.39 is 18.1 Å². The summed E-state index contributed by atoms with van der Waals surface area (Å²) in [6, 6.07) is 5.83. The maximum atomic E-state index is 10.6. The fourth-order valence-corrected chi connectivity index (χ4v) is 1.75. The molecular weight excluding hydrogens is 260 g/mol. The molecule has 0 spiro atoms. The van der Waals surface area contributed by atoms with Crippen LogP contribution in [0.1, 0.15) is 11.1 Å². The molecule has 1 aromatic carbocycles. The SMILES string of the molecule is Cc1cccc(C)c1OCC(O)CNCC(O)C(N)=O. The van der Waals surface area contributed by atoms with Gasteiger partial charge in [0.05, 0.1) is 0 Å². The summed E-state index contributed by atoms with van der Waals surface area (Å²) in [5, 5.41) is 21.7. The molecule has 0 radical (unpaired) electrons.